The largest absolute Gasteiger partial charge is 0.331 e. The molecule has 6 heteroatoms. The molecule has 0 heterocycles. The Labute approximate surface area is 118 Å². The number of amides is 1. The highest BCUT2D eigenvalue weighted by molar-refractivity contribution is 14.1. The number of carbonyl (C=O) groups excluding carboxylic acids is 1. The first kappa shape index (κ1) is 13.7. The first-order valence-corrected chi connectivity index (χ1v) is 6.45. The molecule has 2 N–H and O–H groups in total. The van der Waals surface area contributed by atoms with Crippen molar-refractivity contribution in [2.75, 3.05) is 5.32 Å². The third kappa shape index (κ3) is 4.23. The van der Waals surface area contributed by atoms with Gasteiger partial charge in [-0.05, 0) is 53.0 Å². The van der Waals surface area contributed by atoms with Crippen LogP contribution in [0.25, 0.3) is 0 Å². The molecule has 0 radical (unpaired) electrons. The van der Waals surface area contributed by atoms with Gasteiger partial charge in [0, 0.05) is 9.99 Å². The predicted molar refractivity (Wildman–Crippen MR) is 78.8 cm³/mol. The summed E-state index contributed by atoms with van der Waals surface area (Å²) in [5, 5.41) is 6.24. The van der Waals surface area contributed by atoms with E-state index in [9.17, 15) is 4.79 Å². The Kier molecular flexibility index (Phi) is 5.43. The molecular weight excluding hydrogens is 359 g/mol. The Balaban J connectivity index is 2.66. The van der Waals surface area contributed by atoms with E-state index in [-0.39, 0.29) is 11.0 Å². The van der Waals surface area contributed by atoms with Crippen molar-refractivity contribution < 1.29 is 4.79 Å². The number of hydrogen-bond acceptors (Lipinski definition) is 2. The van der Waals surface area contributed by atoms with Gasteiger partial charge in [-0.2, -0.15) is 0 Å². The van der Waals surface area contributed by atoms with Crippen LogP contribution in [0.1, 0.15) is 13.3 Å². The molecular formula is C10H10ClIN2OS. The van der Waals surface area contributed by atoms with Crippen molar-refractivity contribution in [1.29, 1.82) is 0 Å². The van der Waals surface area contributed by atoms with Crippen molar-refractivity contribution in [3.8, 4) is 0 Å². The van der Waals surface area contributed by atoms with Crippen molar-refractivity contribution in [3.63, 3.8) is 0 Å². The maximum atomic E-state index is 11.1. The standard InChI is InChI=1S/C10H10ClIN2OS/c1-2-9(15)14-10(16)13-8-4-3-6(12)5-7(8)11/h3-5H,2H2,1H3,(H2,13,14,15,16). The van der Waals surface area contributed by atoms with Gasteiger partial charge in [-0.25, -0.2) is 0 Å². The summed E-state index contributed by atoms with van der Waals surface area (Å²) in [5.41, 5.74) is 0.684. The monoisotopic (exact) mass is 368 g/mol. The van der Waals surface area contributed by atoms with Crippen LogP contribution >= 0.6 is 46.4 Å². The van der Waals surface area contributed by atoms with Gasteiger partial charge in [-0.15, -0.1) is 0 Å². The summed E-state index contributed by atoms with van der Waals surface area (Å²) in [6.45, 7) is 1.76. The first-order valence-electron chi connectivity index (χ1n) is 4.58. The van der Waals surface area contributed by atoms with E-state index in [0.29, 0.717) is 17.1 Å². The highest BCUT2D eigenvalue weighted by atomic mass is 127. The zero-order valence-electron chi connectivity index (χ0n) is 8.51. The molecule has 0 atom stereocenters. The summed E-state index contributed by atoms with van der Waals surface area (Å²) >= 11 is 13.1. The maximum Gasteiger partial charge on any atom is 0.225 e. The Morgan fingerprint density at radius 2 is 2.25 bits per heavy atom. The van der Waals surface area contributed by atoms with Crippen LogP contribution in [0.5, 0.6) is 0 Å². The lowest BCUT2D eigenvalue weighted by Gasteiger charge is -2.10. The molecule has 1 amide bonds. The molecule has 16 heavy (non-hydrogen) atoms. The van der Waals surface area contributed by atoms with Crippen molar-refractivity contribution >= 4 is 63.1 Å². The SMILES string of the molecule is CCC(=O)NC(=S)Nc1ccc(I)cc1Cl. The van der Waals surface area contributed by atoms with E-state index in [1.165, 1.54) is 0 Å². The van der Waals surface area contributed by atoms with E-state index in [4.69, 9.17) is 23.8 Å². The summed E-state index contributed by atoms with van der Waals surface area (Å²) < 4.78 is 1.04. The first-order chi connectivity index (χ1) is 7.52. The Hall–Kier alpha value is -0.400. The van der Waals surface area contributed by atoms with Crippen molar-refractivity contribution in [3.05, 3.63) is 26.8 Å². The molecule has 1 aromatic rings. The average Bonchev–Trinajstić information content (AvgIpc) is 2.22. The zero-order valence-corrected chi connectivity index (χ0v) is 12.2. The molecule has 0 unspecified atom stereocenters. The molecule has 0 aliphatic carbocycles. The van der Waals surface area contributed by atoms with Gasteiger partial charge >= 0.3 is 0 Å². The van der Waals surface area contributed by atoms with Crippen LogP contribution < -0.4 is 10.6 Å². The molecule has 86 valence electrons. The fourth-order valence-electron chi connectivity index (χ4n) is 0.959. The second-order valence-electron chi connectivity index (χ2n) is 2.98. The van der Waals surface area contributed by atoms with Crippen LogP contribution in [0, 0.1) is 3.57 Å². The maximum absolute atomic E-state index is 11.1. The summed E-state index contributed by atoms with van der Waals surface area (Å²) in [6, 6.07) is 5.53. The van der Waals surface area contributed by atoms with E-state index in [2.05, 4.69) is 33.2 Å². The van der Waals surface area contributed by atoms with Crippen LogP contribution in [0.3, 0.4) is 0 Å². The number of rotatable bonds is 2. The van der Waals surface area contributed by atoms with Crippen LogP contribution in [-0.4, -0.2) is 11.0 Å². The molecule has 0 saturated carbocycles. The number of nitrogens with one attached hydrogen (secondary N) is 2. The van der Waals surface area contributed by atoms with Crippen molar-refractivity contribution in [2.45, 2.75) is 13.3 Å². The molecule has 0 saturated heterocycles. The van der Waals surface area contributed by atoms with E-state index < -0.39 is 0 Å². The number of hydrogen-bond donors (Lipinski definition) is 2. The van der Waals surface area contributed by atoms with Gasteiger partial charge in [0.2, 0.25) is 5.91 Å². The van der Waals surface area contributed by atoms with E-state index >= 15 is 0 Å². The lowest BCUT2D eigenvalue weighted by molar-refractivity contribution is -0.119. The third-order valence-corrected chi connectivity index (χ3v) is 2.94. The minimum atomic E-state index is -0.126. The van der Waals surface area contributed by atoms with Crippen molar-refractivity contribution in [2.24, 2.45) is 0 Å². The fourth-order valence-corrected chi connectivity index (χ4v) is 2.09. The molecule has 0 aliphatic rings. The van der Waals surface area contributed by atoms with Gasteiger partial charge in [0.05, 0.1) is 10.7 Å². The number of benzene rings is 1. The van der Waals surface area contributed by atoms with Gasteiger partial charge in [-0.3, -0.25) is 4.79 Å². The molecule has 0 fully saturated rings. The summed E-state index contributed by atoms with van der Waals surface area (Å²) in [5.74, 6) is -0.126. The molecule has 3 nitrogen and oxygen atoms in total. The van der Waals surface area contributed by atoms with Gasteiger partial charge in [-0.1, -0.05) is 18.5 Å². The minimum Gasteiger partial charge on any atom is -0.331 e. The predicted octanol–water partition coefficient (Wildman–Crippen LogP) is 3.17. The molecule has 1 aromatic carbocycles. The molecule has 0 bridgehead atoms. The van der Waals surface area contributed by atoms with Gasteiger partial charge in [0.15, 0.2) is 5.11 Å². The van der Waals surface area contributed by atoms with Gasteiger partial charge in [0.1, 0.15) is 0 Å². The van der Waals surface area contributed by atoms with Crippen LogP contribution in [0.4, 0.5) is 5.69 Å². The van der Waals surface area contributed by atoms with Crippen LogP contribution in [0.2, 0.25) is 5.02 Å². The molecule has 1 rings (SSSR count). The lowest BCUT2D eigenvalue weighted by Crippen LogP contribution is -2.33. The smallest absolute Gasteiger partial charge is 0.225 e. The number of carbonyl (C=O) groups is 1. The second-order valence-corrected chi connectivity index (χ2v) is 5.04. The van der Waals surface area contributed by atoms with E-state index in [1.807, 2.05) is 18.2 Å². The topological polar surface area (TPSA) is 41.1 Å². The second kappa shape index (κ2) is 6.36. The normalized spacial score (nSPS) is 9.69. The molecule has 0 spiro atoms. The number of halogens is 2. The molecule has 0 aromatic heterocycles. The highest BCUT2D eigenvalue weighted by Gasteiger charge is 2.05. The van der Waals surface area contributed by atoms with Crippen LogP contribution in [-0.2, 0) is 4.79 Å². The number of anilines is 1. The summed E-state index contributed by atoms with van der Waals surface area (Å²) in [4.78, 5) is 11.1. The van der Waals surface area contributed by atoms with Gasteiger partial charge < -0.3 is 10.6 Å². The third-order valence-electron chi connectivity index (χ3n) is 1.75. The zero-order chi connectivity index (χ0) is 12.1. The van der Waals surface area contributed by atoms with Crippen molar-refractivity contribution in [1.82, 2.24) is 5.32 Å². The Morgan fingerprint density at radius 3 is 2.81 bits per heavy atom. The van der Waals surface area contributed by atoms with E-state index in [0.717, 1.165) is 3.57 Å². The quantitative estimate of drug-likeness (QED) is 0.622. The van der Waals surface area contributed by atoms with Crippen LogP contribution in [0.15, 0.2) is 18.2 Å². The minimum absolute atomic E-state index is 0.126. The average molecular weight is 369 g/mol. The fraction of sp³-hybridized carbons (Fsp3) is 0.200. The van der Waals surface area contributed by atoms with E-state index in [1.54, 1.807) is 6.92 Å². The lowest BCUT2D eigenvalue weighted by atomic mass is 10.3. The highest BCUT2D eigenvalue weighted by Crippen LogP contribution is 2.23. The molecule has 0 aliphatic heterocycles. The number of thiocarbonyl (C=S) groups is 1. The van der Waals surface area contributed by atoms with Gasteiger partial charge in [0.25, 0.3) is 0 Å². The summed E-state index contributed by atoms with van der Waals surface area (Å²) in [6.07, 6.45) is 0.391. The Bertz CT molecular complexity index is 425. The summed E-state index contributed by atoms with van der Waals surface area (Å²) in [7, 11) is 0. The Morgan fingerprint density at radius 1 is 1.56 bits per heavy atom.